The van der Waals surface area contributed by atoms with Gasteiger partial charge in [-0.05, 0) is 36.4 Å². The summed E-state index contributed by atoms with van der Waals surface area (Å²) >= 11 is 5.87. The maximum absolute atomic E-state index is 12.4. The molecule has 0 unspecified atom stereocenters. The molecule has 9 heteroatoms. The van der Waals surface area contributed by atoms with Crippen LogP contribution in [0.2, 0.25) is 5.02 Å². The minimum Gasteiger partial charge on any atom is -0.326 e. The van der Waals surface area contributed by atoms with Gasteiger partial charge in [-0.3, -0.25) is 14.6 Å². The molecule has 1 heterocycles. The van der Waals surface area contributed by atoms with Gasteiger partial charge in [0.15, 0.2) is 0 Å². The number of carbonyl (C=O) groups is 1. The second-order valence-corrected chi connectivity index (χ2v) is 6.15. The molecular weight excluding hydrogens is 380 g/mol. The molecule has 28 heavy (non-hydrogen) atoms. The van der Waals surface area contributed by atoms with Crippen LogP contribution in [0.25, 0.3) is 11.3 Å². The van der Waals surface area contributed by atoms with Gasteiger partial charge in [0.1, 0.15) is 11.6 Å². The first kappa shape index (κ1) is 19.1. The van der Waals surface area contributed by atoms with Crippen molar-refractivity contribution in [3.8, 4) is 17.3 Å². The normalized spacial score (nSPS) is 10.2. The lowest BCUT2D eigenvalue weighted by atomic mass is 10.1. The molecule has 140 valence electrons. The summed E-state index contributed by atoms with van der Waals surface area (Å²) in [5, 5.41) is 15.6. The van der Waals surface area contributed by atoms with Crippen LogP contribution < -0.4 is 21.9 Å². The van der Waals surface area contributed by atoms with Crippen molar-refractivity contribution in [1.29, 1.82) is 5.26 Å². The van der Waals surface area contributed by atoms with Gasteiger partial charge in [0.2, 0.25) is 11.9 Å². The van der Waals surface area contributed by atoms with Crippen molar-refractivity contribution in [2.45, 2.75) is 0 Å². The number of rotatable bonds is 5. The standard InChI is InChI=1S/C19H15ClN6O2/c20-12-4-6-13(7-5-12)24-19-25-17(15(9-21)18(28)26-19)11-2-1-3-14(8-11)23-16(27)10-22/h1-8H,10,22H2,(H,23,27)(H2,24,25,26,28). The molecule has 3 aromatic rings. The lowest BCUT2D eigenvalue weighted by Crippen LogP contribution is -2.21. The Labute approximate surface area is 165 Å². The third kappa shape index (κ3) is 4.35. The predicted molar refractivity (Wildman–Crippen MR) is 107 cm³/mol. The van der Waals surface area contributed by atoms with E-state index in [1.807, 2.05) is 6.07 Å². The van der Waals surface area contributed by atoms with E-state index in [0.717, 1.165) is 0 Å². The van der Waals surface area contributed by atoms with Crippen molar-refractivity contribution < 1.29 is 4.79 Å². The summed E-state index contributed by atoms with van der Waals surface area (Å²) in [5.41, 5.74) is 6.41. The van der Waals surface area contributed by atoms with Crippen LogP contribution in [0.5, 0.6) is 0 Å². The van der Waals surface area contributed by atoms with Gasteiger partial charge in [0.25, 0.3) is 5.56 Å². The maximum Gasteiger partial charge on any atom is 0.270 e. The first-order valence-electron chi connectivity index (χ1n) is 8.17. The number of hydrogen-bond acceptors (Lipinski definition) is 6. The fourth-order valence-electron chi connectivity index (χ4n) is 2.47. The Hall–Kier alpha value is -3.67. The van der Waals surface area contributed by atoms with Crippen molar-refractivity contribution in [3.63, 3.8) is 0 Å². The molecule has 0 aliphatic heterocycles. The SMILES string of the molecule is N#Cc1c(-c2cccc(NC(=O)CN)c2)nc(Nc2ccc(Cl)cc2)[nH]c1=O. The smallest absolute Gasteiger partial charge is 0.270 e. The van der Waals surface area contributed by atoms with Crippen molar-refractivity contribution >= 4 is 34.8 Å². The highest BCUT2D eigenvalue weighted by molar-refractivity contribution is 6.30. The van der Waals surface area contributed by atoms with E-state index in [4.69, 9.17) is 17.3 Å². The molecule has 0 bridgehead atoms. The number of nitrogens with two attached hydrogens (primary N) is 1. The van der Waals surface area contributed by atoms with Crippen LogP contribution in [0.3, 0.4) is 0 Å². The quantitative estimate of drug-likeness (QED) is 0.525. The van der Waals surface area contributed by atoms with Gasteiger partial charge in [0.05, 0.1) is 12.2 Å². The van der Waals surface area contributed by atoms with Gasteiger partial charge in [-0.2, -0.15) is 5.26 Å². The Balaban J connectivity index is 2.02. The Bertz CT molecular complexity index is 1120. The zero-order chi connectivity index (χ0) is 20.1. The zero-order valence-electron chi connectivity index (χ0n) is 14.5. The molecule has 5 N–H and O–H groups in total. The average molecular weight is 395 g/mol. The Morgan fingerprint density at radius 1 is 1.21 bits per heavy atom. The van der Waals surface area contributed by atoms with Crippen molar-refractivity contribution in [2.75, 3.05) is 17.2 Å². The van der Waals surface area contributed by atoms with Crippen LogP contribution >= 0.6 is 11.6 Å². The number of halogens is 1. The van der Waals surface area contributed by atoms with Gasteiger partial charge in [0, 0.05) is 22.0 Å². The summed E-state index contributed by atoms with van der Waals surface area (Å²) in [6.45, 7) is -0.161. The number of aromatic nitrogens is 2. The van der Waals surface area contributed by atoms with Gasteiger partial charge in [-0.1, -0.05) is 23.7 Å². The topological polar surface area (TPSA) is 137 Å². The van der Waals surface area contributed by atoms with Crippen LogP contribution in [-0.2, 0) is 4.79 Å². The third-order valence-electron chi connectivity index (χ3n) is 3.74. The number of hydrogen-bond donors (Lipinski definition) is 4. The molecule has 0 atom stereocenters. The number of nitriles is 1. The molecule has 0 saturated heterocycles. The molecule has 8 nitrogen and oxygen atoms in total. The highest BCUT2D eigenvalue weighted by atomic mass is 35.5. The number of H-pyrrole nitrogens is 1. The van der Waals surface area contributed by atoms with E-state index in [1.165, 1.54) is 0 Å². The summed E-state index contributed by atoms with van der Waals surface area (Å²) in [6, 6.07) is 15.4. The fourth-order valence-corrected chi connectivity index (χ4v) is 2.60. The first-order chi connectivity index (χ1) is 13.5. The van der Waals surface area contributed by atoms with Crippen LogP contribution in [0.4, 0.5) is 17.3 Å². The number of anilines is 3. The number of benzene rings is 2. The Kier molecular flexibility index (Phi) is 5.69. The molecule has 0 aliphatic rings. The molecule has 1 amide bonds. The zero-order valence-corrected chi connectivity index (χ0v) is 15.2. The van der Waals surface area contributed by atoms with E-state index in [1.54, 1.807) is 48.5 Å². The van der Waals surface area contributed by atoms with Crippen LogP contribution in [0.1, 0.15) is 5.56 Å². The predicted octanol–water partition coefficient (Wildman–Crippen LogP) is 2.60. The lowest BCUT2D eigenvalue weighted by Gasteiger charge is -2.10. The van der Waals surface area contributed by atoms with Crippen molar-refractivity contribution in [3.05, 3.63) is 69.5 Å². The minimum atomic E-state index is -0.583. The van der Waals surface area contributed by atoms with E-state index >= 15 is 0 Å². The number of aromatic amines is 1. The van der Waals surface area contributed by atoms with Crippen LogP contribution in [0, 0.1) is 11.3 Å². The second-order valence-electron chi connectivity index (χ2n) is 5.71. The molecule has 0 fully saturated rings. The third-order valence-corrected chi connectivity index (χ3v) is 4.00. The molecule has 0 aliphatic carbocycles. The summed E-state index contributed by atoms with van der Waals surface area (Å²) < 4.78 is 0. The second kappa shape index (κ2) is 8.35. The van der Waals surface area contributed by atoms with E-state index in [2.05, 4.69) is 20.6 Å². The molecular formula is C19H15ClN6O2. The summed E-state index contributed by atoms with van der Waals surface area (Å²) in [6.07, 6.45) is 0. The van der Waals surface area contributed by atoms with E-state index < -0.39 is 5.56 Å². The molecule has 2 aromatic carbocycles. The molecule has 3 rings (SSSR count). The molecule has 0 saturated carbocycles. The summed E-state index contributed by atoms with van der Waals surface area (Å²) in [4.78, 5) is 30.8. The van der Waals surface area contributed by atoms with E-state index in [-0.39, 0.29) is 29.7 Å². The van der Waals surface area contributed by atoms with Gasteiger partial charge in [-0.25, -0.2) is 4.98 Å². The highest BCUT2D eigenvalue weighted by Gasteiger charge is 2.14. The fraction of sp³-hybridized carbons (Fsp3) is 0.0526. The molecule has 0 spiro atoms. The average Bonchev–Trinajstić information content (AvgIpc) is 2.69. The minimum absolute atomic E-state index is 0.135. The van der Waals surface area contributed by atoms with E-state index in [9.17, 15) is 14.9 Å². The Morgan fingerprint density at radius 2 is 1.96 bits per heavy atom. The van der Waals surface area contributed by atoms with Crippen molar-refractivity contribution in [1.82, 2.24) is 9.97 Å². The van der Waals surface area contributed by atoms with Gasteiger partial charge in [-0.15, -0.1) is 0 Å². The summed E-state index contributed by atoms with van der Waals surface area (Å²) in [5.74, 6) is -0.195. The monoisotopic (exact) mass is 394 g/mol. The molecule has 1 aromatic heterocycles. The van der Waals surface area contributed by atoms with Gasteiger partial charge >= 0.3 is 0 Å². The number of nitrogens with zero attached hydrogens (tertiary/aromatic N) is 2. The number of amides is 1. The van der Waals surface area contributed by atoms with E-state index in [0.29, 0.717) is 22.0 Å². The van der Waals surface area contributed by atoms with Crippen molar-refractivity contribution in [2.24, 2.45) is 5.73 Å². The first-order valence-corrected chi connectivity index (χ1v) is 8.55. The number of nitrogens with one attached hydrogen (secondary N) is 3. The number of carbonyl (C=O) groups excluding carboxylic acids is 1. The largest absolute Gasteiger partial charge is 0.326 e. The maximum atomic E-state index is 12.4. The lowest BCUT2D eigenvalue weighted by molar-refractivity contribution is -0.114. The Morgan fingerprint density at radius 3 is 2.64 bits per heavy atom. The molecule has 0 radical (unpaired) electrons. The van der Waals surface area contributed by atoms with Gasteiger partial charge < -0.3 is 16.4 Å². The summed E-state index contributed by atoms with van der Waals surface area (Å²) in [7, 11) is 0. The highest BCUT2D eigenvalue weighted by Crippen LogP contribution is 2.24. The van der Waals surface area contributed by atoms with Crippen LogP contribution in [-0.4, -0.2) is 22.4 Å². The van der Waals surface area contributed by atoms with Crippen LogP contribution in [0.15, 0.2) is 53.3 Å².